The predicted octanol–water partition coefficient (Wildman–Crippen LogP) is 2.50. The van der Waals surface area contributed by atoms with E-state index in [1.807, 2.05) is 0 Å². The zero-order valence-electron chi connectivity index (χ0n) is 11.9. The summed E-state index contributed by atoms with van der Waals surface area (Å²) in [5.74, 6) is 1.03. The molecule has 1 heterocycles. The van der Waals surface area contributed by atoms with Crippen molar-refractivity contribution in [1.82, 2.24) is 14.5 Å². The molecule has 1 aliphatic carbocycles. The molecule has 1 aromatic rings. The van der Waals surface area contributed by atoms with Gasteiger partial charge in [0.05, 0.1) is 5.69 Å². The van der Waals surface area contributed by atoms with E-state index in [0.29, 0.717) is 0 Å². The molecule has 0 bridgehead atoms. The molecule has 1 fully saturated rings. The van der Waals surface area contributed by atoms with Gasteiger partial charge in [-0.25, -0.2) is 4.98 Å². The van der Waals surface area contributed by atoms with Crippen LogP contribution in [0, 0.1) is 6.92 Å². The molecule has 0 atom stereocenters. The average Bonchev–Trinajstić information content (AvgIpc) is 3.12. The summed E-state index contributed by atoms with van der Waals surface area (Å²) in [5.41, 5.74) is 1.10. The molecule has 2 rings (SSSR count). The van der Waals surface area contributed by atoms with Crippen LogP contribution in [0.5, 0.6) is 0 Å². The first kappa shape index (κ1) is 13.4. The Kier molecular flexibility index (Phi) is 4.64. The maximum Gasteiger partial charge on any atom is 0.203 e. The van der Waals surface area contributed by atoms with E-state index in [2.05, 4.69) is 46.9 Å². The molecule has 102 valence electrons. The minimum absolute atomic E-state index is 0.841. The fourth-order valence-corrected chi connectivity index (χ4v) is 2.23. The van der Waals surface area contributed by atoms with Crippen molar-refractivity contribution in [2.24, 2.45) is 0 Å². The van der Waals surface area contributed by atoms with Crippen molar-refractivity contribution in [2.45, 2.75) is 52.1 Å². The van der Waals surface area contributed by atoms with E-state index in [4.69, 9.17) is 0 Å². The third-order valence-electron chi connectivity index (χ3n) is 3.57. The van der Waals surface area contributed by atoms with E-state index in [1.54, 1.807) is 0 Å². The van der Waals surface area contributed by atoms with Crippen molar-refractivity contribution >= 4 is 5.95 Å². The minimum Gasteiger partial charge on any atom is -0.354 e. The third-order valence-corrected chi connectivity index (χ3v) is 3.57. The van der Waals surface area contributed by atoms with Gasteiger partial charge in [-0.05, 0) is 33.2 Å². The molecule has 4 heteroatoms. The highest BCUT2D eigenvalue weighted by atomic mass is 15.2. The van der Waals surface area contributed by atoms with Gasteiger partial charge >= 0.3 is 0 Å². The Labute approximate surface area is 110 Å². The molecule has 1 aromatic heterocycles. The number of aromatic nitrogens is 2. The molecule has 1 aliphatic rings. The Bertz CT molecular complexity index is 368. The largest absolute Gasteiger partial charge is 0.354 e. The molecule has 1 N–H and O–H groups in total. The zero-order valence-corrected chi connectivity index (χ0v) is 11.9. The number of imidazole rings is 1. The second-order valence-corrected chi connectivity index (χ2v) is 5.39. The van der Waals surface area contributed by atoms with Gasteiger partial charge in [0.15, 0.2) is 0 Å². The predicted molar refractivity (Wildman–Crippen MR) is 76.0 cm³/mol. The van der Waals surface area contributed by atoms with Gasteiger partial charge in [-0.2, -0.15) is 0 Å². The molecule has 0 aromatic carbocycles. The number of likely N-dealkylation sites (N-methyl/N-ethyl adjacent to an activating group) is 1. The van der Waals surface area contributed by atoms with Crippen LogP contribution < -0.4 is 5.32 Å². The summed E-state index contributed by atoms with van der Waals surface area (Å²) in [5, 5.41) is 3.47. The average molecular weight is 250 g/mol. The maximum atomic E-state index is 4.55. The summed E-state index contributed by atoms with van der Waals surface area (Å²) < 4.78 is 2.25. The van der Waals surface area contributed by atoms with Crippen molar-refractivity contribution in [3.8, 4) is 0 Å². The molecule has 0 unspecified atom stereocenters. The van der Waals surface area contributed by atoms with Gasteiger partial charge in [0.2, 0.25) is 5.95 Å². The van der Waals surface area contributed by atoms with E-state index in [-0.39, 0.29) is 0 Å². The van der Waals surface area contributed by atoms with Crippen LogP contribution in [0.15, 0.2) is 6.20 Å². The lowest BCUT2D eigenvalue weighted by molar-refractivity contribution is 0.337. The van der Waals surface area contributed by atoms with Gasteiger partial charge in [0.1, 0.15) is 0 Å². The third kappa shape index (κ3) is 3.73. The number of nitrogens with one attached hydrogen (secondary N) is 1. The lowest BCUT2D eigenvalue weighted by Crippen LogP contribution is -2.27. The lowest BCUT2D eigenvalue weighted by atomic mass is 10.3. The Hall–Kier alpha value is -1.03. The highest BCUT2D eigenvalue weighted by Gasteiger charge is 2.25. The number of unbranched alkanes of at least 4 members (excludes halogenated alkanes) is 1. The van der Waals surface area contributed by atoms with Gasteiger partial charge < -0.3 is 14.8 Å². The van der Waals surface area contributed by atoms with Crippen molar-refractivity contribution in [3.05, 3.63) is 11.9 Å². The quantitative estimate of drug-likeness (QED) is 0.769. The van der Waals surface area contributed by atoms with Crippen molar-refractivity contribution in [1.29, 1.82) is 0 Å². The summed E-state index contributed by atoms with van der Waals surface area (Å²) in [6, 6.07) is 0.841. The second kappa shape index (κ2) is 6.23. The van der Waals surface area contributed by atoms with Crippen LogP contribution in [0.25, 0.3) is 0 Å². The fraction of sp³-hybridized carbons (Fsp3) is 0.786. The number of aryl methyl sites for hydroxylation is 2. The molecule has 0 amide bonds. The second-order valence-electron chi connectivity index (χ2n) is 5.39. The Balaban J connectivity index is 1.79. The molecule has 0 spiro atoms. The highest BCUT2D eigenvalue weighted by molar-refractivity contribution is 5.28. The molecule has 0 saturated heterocycles. The van der Waals surface area contributed by atoms with Crippen LogP contribution in [0.4, 0.5) is 5.95 Å². The van der Waals surface area contributed by atoms with Gasteiger partial charge in [0.25, 0.3) is 0 Å². The van der Waals surface area contributed by atoms with Crippen molar-refractivity contribution in [3.63, 3.8) is 0 Å². The van der Waals surface area contributed by atoms with E-state index in [0.717, 1.165) is 37.3 Å². The fourth-order valence-electron chi connectivity index (χ4n) is 2.23. The van der Waals surface area contributed by atoms with E-state index >= 15 is 0 Å². The number of anilines is 1. The van der Waals surface area contributed by atoms with Gasteiger partial charge in [-0.15, -0.1) is 0 Å². The molecule has 4 nitrogen and oxygen atoms in total. The monoisotopic (exact) mass is 250 g/mol. The van der Waals surface area contributed by atoms with Crippen LogP contribution in [0.2, 0.25) is 0 Å². The van der Waals surface area contributed by atoms with Crippen LogP contribution in [0.1, 0.15) is 38.3 Å². The van der Waals surface area contributed by atoms with Gasteiger partial charge in [0, 0.05) is 31.9 Å². The molecular weight excluding hydrogens is 224 g/mol. The first-order chi connectivity index (χ1) is 8.70. The van der Waals surface area contributed by atoms with Crippen LogP contribution in [-0.4, -0.2) is 40.6 Å². The Morgan fingerprint density at radius 3 is 2.94 bits per heavy atom. The van der Waals surface area contributed by atoms with E-state index in [1.165, 1.54) is 25.7 Å². The van der Waals surface area contributed by atoms with Crippen molar-refractivity contribution < 1.29 is 0 Å². The summed E-state index contributed by atoms with van der Waals surface area (Å²) in [6.45, 7) is 7.43. The molecular formula is C14H26N4. The topological polar surface area (TPSA) is 33.1 Å². The van der Waals surface area contributed by atoms with E-state index in [9.17, 15) is 0 Å². The Morgan fingerprint density at radius 2 is 2.28 bits per heavy atom. The summed E-state index contributed by atoms with van der Waals surface area (Å²) >= 11 is 0. The van der Waals surface area contributed by atoms with Crippen molar-refractivity contribution in [2.75, 3.05) is 25.5 Å². The zero-order chi connectivity index (χ0) is 13.0. The first-order valence-electron chi connectivity index (χ1n) is 7.18. The normalized spacial score (nSPS) is 15.3. The number of hydrogen-bond acceptors (Lipinski definition) is 3. The smallest absolute Gasteiger partial charge is 0.203 e. The number of hydrogen-bond donors (Lipinski definition) is 1. The molecule has 1 saturated carbocycles. The van der Waals surface area contributed by atoms with Gasteiger partial charge in [-0.3, -0.25) is 0 Å². The van der Waals surface area contributed by atoms with Crippen LogP contribution in [-0.2, 0) is 6.54 Å². The minimum atomic E-state index is 0.841. The van der Waals surface area contributed by atoms with E-state index < -0.39 is 0 Å². The SMILES string of the molecule is CCCCn1cc(C)nc1NCCN(C)C1CC1. The summed E-state index contributed by atoms with van der Waals surface area (Å²) in [6.07, 6.45) is 7.33. The van der Waals surface area contributed by atoms with Crippen LogP contribution in [0.3, 0.4) is 0 Å². The summed E-state index contributed by atoms with van der Waals surface area (Å²) in [7, 11) is 2.22. The summed E-state index contributed by atoms with van der Waals surface area (Å²) in [4.78, 5) is 7.00. The highest BCUT2D eigenvalue weighted by Crippen LogP contribution is 2.24. The lowest BCUT2D eigenvalue weighted by Gasteiger charge is -2.16. The maximum absolute atomic E-state index is 4.55. The molecule has 18 heavy (non-hydrogen) atoms. The number of rotatable bonds is 8. The van der Waals surface area contributed by atoms with Crippen LogP contribution >= 0.6 is 0 Å². The number of nitrogens with zero attached hydrogens (tertiary/aromatic N) is 3. The standard InChI is InChI=1S/C14H26N4/c1-4-5-9-18-11-12(2)16-14(18)15-8-10-17(3)13-6-7-13/h11,13H,4-10H2,1-3H3,(H,15,16). The Morgan fingerprint density at radius 1 is 1.50 bits per heavy atom. The van der Waals surface area contributed by atoms with Gasteiger partial charge in [-0.1, -0.05) is 13.3 Å². The molecule has 0 aliphatic heterocycles. The first-order valence-corrected chi connectivity index (χ1v) is 7.18. The molecule has 0 radical (unpaired) electrons.